The van der Waals surface area contributed by atoms with Gasteiger partial charge >= 0.3 is 0 Å². The summed E-state index contributed by atoms with van der Waals surface area (Å²) in [5.74, 6) is 1.66. The van der Waals surface area contributed by atoms with Crippen LogP contribution in [0.4, 0.5) is 5.69 Å². The number of methoxy groups -OCH3 is 1. The van der Waals surface area contributed by atoms with Crippen LogP contribution in [0.25, 0.3) is 6.08 Å². The molecule has 0 aliphatic carbocycles. The Bertz CT molecular complexity index is 1200. The fourth-order valence-electron chi connectivity index (χ4n) is 3.39. The summed E-state index contributed by atoms with van der Waals surface area (Å²) in [6, 6.07) is 17.0. The number of fused-ring (bicyclic) bond motifs is 1. The van der Waals surface area contributed by atoms with Crippen LogP contribution in [0.2, 0.25) is 0 Å². The van der Waals surface area contributed by atoms with Crippen LogP contribution in [0.5, 0.6) is 17.2 Å². The van der Waals surface area contributed by atoms with Gasteiger partial charge in [0.05, 0.1) is 17.6 Å². The lowest BCUT2D eigenvalue weighted by molar-refractivity contribution is -0.384. The smallest absolute Gasteiger partial charge is 0.269 e. The molecule has 1 aliphatic rings. The van der Waals surface area contributed by atoms with Crippen LogP contribution in [0, 0.1) is 17.0 Å². The van der Waals surface area contributed by atoms with Crippen LogP contribution in [0.1, 0.15) is 27.0 Å². The van der Waals surface area contributed by atoms with Gasteiger partial charge in [0, 0.05) is 23.8 Å². The molecular formula is C24H19NO6. The van der Waals surface area contributed by atoms with E-state index in [1.54, 1.807) is 37.5 Å². The Labute approximate surface area is 178 Å². The van der Waals surface area contributed by atoms with Crippen LogP contribution in [-0.4, -0.2) is 17.8 Å². The van der Waals surface area contributed by atoms with E-state index in [2.05, 4.69) is 0 Å². The fourth-order valence-corrected chi connectivity index (χ4v) is 3.39. The lowest BCUT2D eigenvalue weighted by Gasteiger charge is -2.11. The number of nitro groups is 1. The Balaban J connectivity index is 1.55. The maximum Gasteiger partial charge on any atom is 0.269 e. The number of ketones is 1. The molecule has 0 aromatic heterocycles. The predicted molar refractivity (Wildman–Crippen MR) is 115 cm³/mol. The first-order chi connectivity index (χ1) is 15.0. The van der Waals surface area contributed by atoms with Gasteiger partial charge in [0.25, 0.3) is 5.69 Å². The highest BCUT2D eigenvalue weighted by molar-refractivity contribution is 6.15. The summed E-state index contributed by atoms with van der Waals surface area (Å²) in [4.78, 5) is 23.1. The predicted octanol–water partition coefficient (Wildman–Crippen LogP) is 5.11. The number of rotatable bonds is 6. The first-order valence-corrected chi connectivity index (χ1v) is 9.54. The molecule has 0 amide bonds. The Hall–Kier alpha value is -4.13. The minimum Gasteiger partial charge on any atom is -0.496 e. The monoisotopic (exact) mass is 417 g/mol. The normalized spacial score (nSPS) is 13.6. The van der Waals surface area contributed by atoms with Crippen molar-refractivity contribution < 1.29 is 23.9 Å². The zero-order valence-corrected chi connectivity index (χ0v) is 17.0. The first kappa shape index (κ1) is 20.2. The average Bonchev–Trinajstić information content (AvgIpc) is 3.08. The third-order valence-corrected chi connectivity index (χ3v) is 4.93. The molecule has 3 aromatic carbocycles. The molecule has 0 radical (unpaired) electrons. The molecule has 3 aromatic rings. The number of non-ortho nitro benzene ring substituents is 1. The van der Waals surface area contributed by atoms with Crippen molar-refractivity contribution in [1.29, 1.82) is 0 Å². The van der Waals surface area contributed by atoms with Gasteiger partial charge in [-0.15, -0.1) is 0 Å². The quantitative estimate of drug-likeness (QED) is 0.315. The number of nitrogens with zero attached hydrogens (tertiary/aromatic N) is 1. The SMILES string of the molecule is COc1ccccc1COc1cc(C)c2c(c1)O/C(=C\c1ccc([N+](=O)[O-])cc1)C2=O. The number of carbonyl (C=O) groups is 1. The Morgan fingerprint density at radius 3 is 2.55 bits per heavy atom. The number of hydrogen-bond acceptors (Lipinski definition) is 6. The second-order valence-electron chi connectivity index (χ2n) is 7.00. The van der Waals surface area contributed by atoms with Gasteiger partial charge < -0.3 is 14.2 Å². The van der Waals surface area contributed by atoms with Crippen molar-refractivity contribution in [3.8, 4) is 17.2 Å². The summed E-state index contributed by atoms with van der Waals surface area (Å²) >= 11 is 0. The molecule has 0 saturated carbocycles. The van der Waals surface area contributed by atoms with Crippen molar-refractivity contribution in [3.63, 3.8) is 0 Å². The Kier molecular flexibility index (Phi) is 5.41. The van der Waals surface area contributed by atoms with Gasteiger partial charge in [0.15, 0.2) is 5.76 Å². The molecule has 0 atom stereocenters. The largest absolute Gasteiger partial charge is 0.496 e. The number of carbonyl (C=O) groups excluding carboxylic acids is 1. The lowest BCUT2D eigenvalue weighted by Crippen LogP contribution is -2.00. The van der Waals surface area contributed by atoms with Gasteiger partial charge in [-0.25, -0.2) is 0 Å². The third kappa shape index (κ3) is 4.11. The van der Waals surface area contributed by atoms with E-state index < -0.39 is 4.92 Å². The summed E-state index contributed by atoms with van der Waals surface area (Å²) in [7, 11) is 1.61. The van der Waals surface area contributed by atoms with Crippen LogP contribution < -0.4 is 14.2 Å². The summed E-state index contributed by atoms with van der Waals surface area (Å²) < 4.78 is 17.0. The molecule has 156 valence electrons. The number of hydrogen-bond donors (Lipinski definition) is 0. The van der Waals surface area contributed by atoms with E-state index in [-0.39, 0.29) is 17.2 Å². The number of para-hydroxylation sites is 1. The topological polar surface area (TPSA) is 87.9 Å². The molecule has 0 saturated heterocycles. The second kappa shape index (κ2) is 8.31. The highest BCUT2D eigenvalue weighted by Crippen LogP contribution is 2.38. The lowest BCUT2D eigenvalue weighted by atomic mass is 10.0. The van der Waals surface area contributed by atoms with Crippen molar-refractivity contribution in [1.82, 2.24) is 0 Å². The number of aryl methyl sites for hydroxylation is 1. The summed E-state index contributed by atoms with van der Waals surface area (Å²) in [6.45, 7) is 2.13. The molecule has 0 spiro atoms. The van der Waals surface area contributed by atoms with E-state index in [1.165, 1.54) is 12.1 Å². The van der Waals surface area contributed by atoms with Crippen molar-refractivity contribution >= 4 is 17.5 Å². The van der Waals surface area contributed by atoms with E-state index in [0.29, 0.717) is 29.2 Å². The number of ether oxygens (including phenoxy) is 3. The molecule has 31 heavy (non-hydrogen) atoms. The Morgan fingerprint density at radius 2 is 1.84 bits per heavy atom. The van der Waals surface area contributed by atoms with Gasteiger partial charge in [0.1, 0.15) is 23.9 Å². The second-order valence-corrected chi connectivity index (χ2v) is 7.00. The van der Waals surface area contributed by atoms with Crippen LogP contribution in [0.3, 0.4) is 0 Å². The van der Waals surface area contributed by atoms with Crippen molar-refractivity contribution in [2.75, 3.05) is 7.11 Å². The molecule has 0 N–H and O–H groups in total. The van der Waals surface area contributed by atoms with E-state index in [0.717, 1.165) is 16.9 Å². The maximum atomic E-state index is 12.8. The Morgan fingerprint density at radius 1 is 1.10 bits per heavy atom. The van der Waals surface area contributed by atoms with Gasteiger partial charge in [-0.05, 0) is 48.4 Å². The molecule has 0 unspecified atom stereocenters. The maximum absolute atomic E-state index is 12.8. The van der Waals surface area contributed by atoms with Crippen molar-refractivity contribution in [2.45, 2.75) is 13.5 Å². The van der Waals surface area contributed by atoms with Crippen LogP contribution in [0.15, 0.2) is 66.4 Å². The molecule has 0 bridgehead atoms. The van der Waals surface area contributed by atoms with Gasteiger partial charge in [0.2, 0.25) is 5.78 Å². The molecule has 1 heterocycles. The van der Waals surface area contributed by atoms with E-state index in [9.17, 15) is 14.9 Å². The molecule has 7 nitrogen and oxygen atoms in total. The number of Topliss-reactive ketones (excluding diaryl/α,β-unsaturated/α-hetero) is 1. The molecule has 0 fully saturated rings. The molecule has 4 rings (SSSR count). The van der Waals surface area contributed by atoms with E-state index in [1.807, 2.05) is 31.2 Å². The average molecular weight is 417 g/mol. The van der Waals surface area contributed by atoms with Gasteiger partial charge in [-0.2, -0.15) is 0 Å². The fraction of sp³-hybridized carbons (Fsp3) is 0.125. The van der Waals surface area contributed by atoms with Crippen molar-refractivity contribution in [3.05, 3.63) is 98.8 Å². The van der Waals surface area contributed by atoms with E-state index in [4.69, 9.17) is 14.2 Å². The van der Waals surface area contributed by atoms with Crippen LogP contribution in [-0.2, 0) is 6.61 Å². The zero-order valence-electron chi connectivity index (χ0n) is 17.0. The number of benzene rings is 3. The van der Waals surface area contributed by atoms with E-state index >= 15 is 0 Å². The highest BCUT2D eigenvalue weighted by Gasteiger charge is 2.30. The molecule has 1 aliphatic heterocycles. The van der Waals surface area contributed by atoms with Crippen molar-refractivity contribution in [2.24, 2.45) is 0 Å². The number of allylic oxidation sites excluding steroid dienone is 1. The standard InChI is InChI=1S/C24H19NO6/c1-15-11-19(30-14-17-5-3-4-6-20(17)29-2)13-21-23(15)24(26)22(31-21)12-16-7-9-18(10-8-16)25(27)28/h3-13H,14H2,1-2H3/b22-12-. The molecule has 7 heteroatoms. The minimum absolute atomic E-state index is 0.0169. The minimum atomic E-state index is -0.472. The molecular weight excluding hydrogens is 398 g/mol. The zero-order chi connectivity index (χ0) is 22.0. The first-order valence-electron chi connectivity index (χ1n) is 9.54. The summed E-state index contributed by atoms with van der Waals surface area (Å²) in [5, 5.41) is 10.8. The third-order valence-electron chi connectivity index (χ3n) is 4.93. The summed E-state index contributed by atoms with van der Waals surface area (Å²) in [6.07, 6.45) is 1.57. The number of nitro benzene ring substituents is 1. The van der Waals surface area contributed by atoms with Crippen LogP contribution >= 0.6 is 0 Å². The highest BCUT2D eigenvalue weighted by atomic mass is 16.6. The van der Waals surface area contributed by atoms with Gasteiger partial charge in [-0.3, -0.25) is 14.9 Å². The summed E-state index contributed by atoms with van der Waals surface area (Å²) in [5.41, 5.74) is 2.74. The van der Waals surface area contributed by atoms with Gasteiger partial charge in [-0.1, -0.05) is 18.2 Å².